The van der Waals surface area contributed by atoms with Crippen LogP contribution in [0.1, 0.15) is 28.8 Å². The van der Waals surface area contributed by atoms with Crippen LogP contribution < -0.4 is 0 Å². The van der Waals surface area contributed by atoms with Crippen LogP contribution in [0, 0.1) is 0 Å². The second-order valence-corrected chi connectivity index (χ2v) is 7.79. The van der Waals surface area contributed by atoms with Crippen LogP contribution in [0.15, 0.2) is 54.6 Å². The standard InChI is InChI=1S/C24H24O10/c1-32-23(30)24(31)12-18(27)21(34-22(29)15-5-3-2-4-6-15)19(13-24)33-20(28)10-8-14-7-9-16(25)17(26)11-14/h2-11,18-19,21,25-27,31H,12-13H2,1H3. The van der Waals surface area contributed by atoms with Gasteiger partial charge >= 0.3 is 17.9 Å². The molecule has 0 amide bonds. The summed E-state index contributed by atoms with van der Waals surface area (Å²) in [5, 5.41) is 40.2. The van der Waals surface area contributed by atoms with Crippen molar-refractivity contribution < 1.29 is 49.0 Å². The van der Waals surface area contributed by atoms with Gasteiger partial charge < -0.3 is 34.6 Å². The van der Waals surface area contributed by atoms with E-state index in [1.54, 1.807) is 18.2 Å². The zero-order valence-electron chi connectivity index (χ0n) is 18.2. The highest BCUT2D eigenvalue weighted by molar-refractivity contribution is 5.90. The lowest BCUT2D eigenvalue weighted by Gasteiger charge is -2.41. The van der Waals surface area contributed by atoms with E-state index in [4.69, 9.17) is 9.47 Å². The average Bonchev–Trinajstić information content (AvgIpc) is 2.82. The van der Waals surface area contributed by atoms with Gasteiger partial charge in [0.05, 0.1) is 18.8 Å². The Morgan fingerprint density at radius 1 is 1.00 bits per heavy atom. The van der Waals surface area contributed by atoms with Gasteiger partial charge in [0.1, 0.15) is 6.10 Å². The molecular weight excluding hydrogens is 448 g/mol. The zero-order chi connectivity index (χ0) is 24.9. The molecule has 0 heterocycles. The van der Waals surface area contributed by atoms with Gasteiger partial charge in [0.2, 0.25) is 0 Å². The molecule has 2 aromatic carbocycles. The maximum atomic E-state index is 12.5. The van der Waals surface area contributed by atoms with E-state index in [0.717, 1.165) is 13.2 Å². The number of methoxy groups -OCH3 is 1. The number of aromatic hydroxyl groups is 2. The van der Waals surface area contributed by atoms with Crippen LogP contribution in [0.2, 0.25) is 0 Å². The predicted molar refractivity (Wildman–Crippen MR) is 117 cm³/mol. The highest BCUT2D eigenvalue weighted by Crippen LogP contribution is 2.34. The summed E-state index contributed by atoms with van der Waals surface area (Å²) in [5.41, 5.74) is -1.60. The Balaban J connectivity index is 1.80. The Bertz CT molecular complexity index is 1080. The molecule has 4 N–H and O–H groups in total. The van der Waals surface area contributed by atoms with E-state index in [1.165, 1.54) is 36.4 Å². The summed E-state index contributed by atoms with van der Waals surface area (Å²) in [4.78, 5) is 37.1. The second kappa shape index (κ2) is 10.4. The van der Waals surface area contributed by atoms with Gasteiger partial charge in [0, 0.05) is 18.9 Å². The second-order valence-electron chi connectivity index (χ2n) is 7.79. The smallest absolute Gasteiger partial charge is 0.338 e. The summed E-state index contributed by atoms with van der Waals surface area (Å²) in [6.45, 7) is 0. The number of phenolic OH excluding ortho intramolecular Hbond substituents is 2. The molecule has 2 aromatic rings. The monoisotopic (exact) mass is 472 g/mol. The molecule has 0 radical (unpaired) electrons. The number of phenols is 2. The van der Waals surface area contributed by atoms with E-state index in [-0.39, 0.29) is 17.1 Å². The van der Waals surface area contributed by atoms with E-state index < -0.39 is 54.7 Å². The molecule has 10 heteroatoms. The number of ether oxygens (including phenoxy) is 3. The Morgan fingerprint density at radius 3 is 2.35 bits per heavy atom. The molecule has 180 valence electrons. The van der Waals surface area contributed by atoms with Crippen LogP contribution in [-0.2, 0) is 23.8 Å². The molecule has 4 atom stereocenters. The number of rotatable bonds is 6. The third kappa shape index (κ3) is 5.72. The lowest BCUT2D eigenvalue weighted by Crippen LogP contribution is -2.58. The van der Waals surface area contributed by atoms with Gasteiger partial charge in [0.15, 0.2) is 23.2 Å². The number of aliphatic hydroxyl groups excluding tert-OH is 1. The van der Waals surface area contributed by atoms with Gasteiger partial charge in [-0.2, -0.15) is 0 Å². The van der Waals surface area contributed by atoms with Crippen molar-refractivity contribution in [2.24, 2.45) is 0 Å². The molecule has 1 aliphatic carbocycles. The highest BCUT2D eigenvalue weighted by Gasteiger charge is 2.53. The van der Waals surface area contributed by atoms with Crippen LogP contribution in [0.4, 0.5) is 0 Å². The quantitative estimate of drug-likeness (QED) is 0.209. The molecule has 0 aromatic heterocycles. The van der Waals surface area contributed by atoms with Gasteiger partial charge in [-0.25, -0.2) is 14.4 Å². The minimum atomic E-state index is -2.17. The fourth-order valence-electron chi connectivity index (χ4n) is 3.62. The molecule has 4 unspecified atom stereocenters. The van der Waals surface area contributed by atoms with E-state index in [2.05, 4.69) is 4.74 Å². The fraction of sp³-hybridized carbons (Fsp3) is 0.292. The van der Waals surface area contributed by atoms with E-state index >= 15 is 0 Å². The van der Waals surface area contributed by atoms with Crippen LogP contribution in [-0.4, -0.2) is 69.4 Å². The number of carbonyl (C=O) groups is 3. The summed E-state index contributed by atoms with van der Waals surface area (Å²) >= 11 is 0. The number of carbonyl (C=O) groups excluding carboxylic acids is 3. The van der Waals surface area contributed by atoms with Crippen molar-refractivity contribution in [1.29, 1.82) is 0 Å². The van der Waals surface area contributed by atoms with Crippen molar-refractivity contribution in [3.63, 3.8) is 0 Å². The van der Waals surface area contributed by atoms with E-state index in [1.807, 2.05) is 0 Å². The van der Waals surface area contributed by atoms with Gasteiger partial charge in [-0.15, -0.1) is 0 Å². The number of esters is 3. The molecule has 0 spiro atoms. The number of hydrogen-bond acceptors (Lipinski definition) is 10. The molecule has 3 rings (SSSR count). The molecule has 1 saturated carbocycles. The first-order valence-corrected chi connectivity index (χ1v) is 10.3. The minimum Gasteiger partial charge on any atom is -0.504 e. The lowest BCUT2D eigenvalue weighted by atomic mass is 9.79. The molecule has 0 saturated heterocycles. The largest absolute Gasteiger partial charge is 0.504 e. The van der Waals surface area contributed by atoms with Crippen LogP contribution in [0.3, 0.4) is 0 Å². The summed E-state index contributed by atoms with van der Waals surface area (Å²) < 4.78 is 15.3. The van der Waals surface area contributed by atoms with Gasteiger partial charge in [-0.1, -0.05) is 24.3 Å². The SMILES string of the molecule is COC(=O)C1(O)CC(O)C(OC(=O)c2ccccc2)C(OC(=O)C=Cc2ccc(O)c(O)c2)C1. The summed E-state index contributed by atoms with van der Waals surface area (Å²) in [7, 11) is 1.06. The Labute approximate surface area is 194 Å². The molecule has 1 fully saturated rings. The molecule has 0 aliphatic heterocycles. The molecular formula is C24H24O10. The molecule has 0 bridgehead atoms. The minimum absolute atomic E-state index is 0.195. The molecule has 34 heavy (non-hydrogen) atoms. The maximum Gasteiger partial charge on any atom is 0.338 e. The number of hydrogen-bond donors (Lipinski definition) is 4. The topological polar surface area (TPSA) is 160 Å². The Morgan fingerprint density at radius 2 is 1.71 bits per heavy atom. The van der Waals surface area contributed by atoms with Gasteiger partial charge in [-0.05, 0) is 35.9 Å². The lowest BCUT2D eigenvalue weighted by molar-refractivity contribution is -0.198. The first-order valence-electron chi connectivity index (χ1n) is 10.3. The van der Waals surface area contributed by atoms with Gasteiger partial charge in [0.25, 0.3) is 0 Å². The van der Waals surface area contributed by atoms with Crippen LogP contribution in [0.25, 0.3) is 6.08 Å². The Kier molecular flexibility index (Phi) is 7.54. The van der Waals surface area contributed by atoms with Crippen molar-refractivity contribution >= 4 is 24.0 Å². The van der Waals surface area contributed by atoms with Crippen molar-refractivity contribution in [2.75, 3.05) is 7.11 Å². The third-order valence-electron chi connectivity index (χ3n) is 5.33. The average molecular weight is 472 g/mol. The molecule has 10 nitrogen and oxygen atoms in total. The van der Waals surface area contributed by atoms with E-state index in [9.17, 15) is 34.8 Å². The van der Waals surface area contributed by atoms with Crippen molar-refractivity contribution in [3.8, 4) is 11.5 Å². The van der Waals surface area contributed by atoms with Gasteiger partial charge in [-0.3, -0.25) is 0 Å². The summed E-state index contributed by atoms with van der Waals surface area (Å²) in [6, 6.07) is 11.8. The van der Waals surface area contributed by atoms with Crippen LogP contribution in [0.5, 0.6) is 11.5 Å². The van der Waals surface area contributed by atoms with Crippen molar-refractivity contribution in [2.45, 2.75) is 36.8 Å². The van der Waals surface area contributed by atoms with E-state index in [0.29, 0.717) is 5.56 Å². The Hall–Kier alpha value is -3.89. The fourth-order valence-corrected chi connectivity index (χ4v) is 3.62. The number of benzene rings is 2. The van der Waals surface area contributed by atoms with Crippen LogP contribution >= 0.6 is 0 Å². The third-order valence-corrected chi connectivity index (χ3v) is 5.33. The maximum absolute atomic E-state index is 12.5. The first-order chi connectivity index (χ1) is 16.1. The first kappa shape index (κ1) is 24.7. The summed E-state index contributed by atoms with van der Waals surface area (Å²) in [5.74, 6) is -3.47. The van der Waals surface area contributed by atoms with Crippen molar-refractivity contribution in [1.82, 2.24) is 0 Å². The normalized spacial score (nSPS) is 24.4. The highest BCUT2D eigenvalue weighted by atomic mass is 16.6. The molecule has 1 aliphatic rings. The number of aliphatic hydroxyl groups is 2. The zero-order valence-corrected chi connectivity index (χ0v) is 18.2. The summed E-state index contributed by atoms with van der Waals surface area (Å²) in [6.07, 6.45) is -2.98. The van der Waals surface area contributed by atoms with Crippen molar-refractivity contribution in [3.05, 3.63) is 65.7 Å². The predicted octanol–water partition coefficient (Wildman–Crippen LogP) is 1.31.